The fraction of sp³-hybridized carbons (Fsp3) is 0.500. The van der Waals surface area contributed by atoms with Gasteiger partial charge in [0.15, 0.2) is 0 Å². The Kier molecular flexibility index (Phi) is 6.11. The van der Waals surface area contributed by atoms with Crippen molar-refractivity contribution in [3.63, 3.8) is 0 Å². The Labute approximate surface area is 125 Å². The zero-order valence-electron chi connectivity index (χ0n) is 11.2. The second-order valence-corrected chi connectivity index (χ2v) is 5.36. The number of aryl methyl sites for hydroxylation is 1. The Morgan fingerprint density at radius 1 is 1.47 bits per heavy atom. The number of hydrogen-bond acceptors (Lipinski definition) is 2. The largest absolute Gasteiger partial charge is 0.348 e. The van der Waals surface area contributed by atoms with Gasteiger partial charge in [0.2, 0.25) is 0 Å². The summed E-state index contributed by atoms with van der Waals surface area (Å²) in [5.41, 5.74) is 1.62. The van der Waals surface area contributed by atoms with Gasteiger partial charge >= 0.3 is 0 Å². The number of halogens is 2. The summed E-state index contributed by atoms with van der Waals surface area (Å²) in [7, 11) is 0. The molecule has 1 amide bonds. The van der Waals surface area contributed by atoms with Gasteiger partial charge in [0, 0.05) is 22.7 Å². The number of nitrogens with one attached hydrogen (secondary N) is 2. The van der Waals surface area contributed by atoms with Crippen LogP contribution in [0.2, 0.25) is 5.02 Å². The SMILES string of the molecule is Cc1cc(Cl)ccc1C(=O)NC1CCCNC1C.Cl. The third-order valence-electron chi connectivity index (χ3n) is 3.51. The molecule has 5 heteroatoms. The van der Waals surface area contributed by atoms with E-state index in [0.29, 0.717) is 16.6 Å². The van der Waals surface area contributed by atoms with Crippen molar-refractivity contribution in [3.8, 4) is 0 Å². The van der Waals surface area contributed by atoms with Crippen LogP contribution in [-0.2, 0) is 0 Å². The van der Waals surface area contributed by atoms with E-state index in [2.05, 4.69) is 17.6 Å². The highest BCUT2D eigenvalue weighted by Crippen LogP contribution is 2.16. The Balaban J connectivity index is 0.00000180. The first kappa shape index (κ1) is 16.3. The van der Waals surface area contributed by atoms with Gasteiger partial charge in [-0.05, 0) is 57.0 Å². The van der Waals surface area contributed by atoms with Gasteiger partial charge < -0.3 is 10.6 Å². The predicted octanol–water partition coefficient (Wildman–Crippen LogP) is 2.94. The molecule has 0 aliphatic carbocycles. The second kappa shape index (κ2) is 7.13. The highest BCUT2D eigenvalue weighted by atomic mass is 35.5. The molecule has 1 aliphatic rings. The van der Waals surface area contributed by atoms with Gasteiger partial charge in [0.05, 0.1) is 0 Å². The van der Waals surface area contributed by atoms with E-state index in [0.717, 1.165) is 24.9 Å². The second-order valence-electron chi connectivity index (χ2n) is 4.92. The van der Waals surface area contributed by atoms with Crippen molar-refractivity contribution in [3.05, 3.63) is 34.3 Å². The van der Waals surface area contributed by atoms with Crippen LogP contribution >= 0.6 is 24.0 Å². The van der Waals surface area contributed by atoms with Gasteiger partial charge in [-0.15, -0.1) is 12.4 Å². The van der Waals surface area contributed by atoms with Crippen LogP contribution in [0.4, 0.5) is 0 Å². The molecule has 0 spiro atoms. The lowest BCUT2D eigenvalue weighted by Crippen LogP contribution is -2.52. The molecule has 2 rings (SSSR count). The molecule has 2 N–H and O–H groups in total. The Morgan fingerprint density at radius 2 is 2.21 bits per heavy atom. The minimum Gasteiger partial charge on any atom is -0.348 e. The van der Waals surface area contributed by atoms with Crippen LogP contribution in [0.25, 0.3) is 0 Å². The lowest BCUT2D eigenvalue weighted by molar-refractivity contribution is 0.0919. The molecule has 1 aliphatic heterocycles. The third kappa shape index (κ3) is 4.10. The first-order valence-electron chi connectivity index (χ1n) is 6.38. The monoisotopic (exact) mass is 302 g/mol. The maximum absolute atomic E-state index is 12.2. The highest BCUT2D eigenvalue weighted by molar-refractivity contribution is 6.30. The zero-order valence-corrected chi connectivity index (χ0v) is 12.8. The molecule has 106 valence electrons. The third-order valence-corrected chi connectivity index (χ3v) is 3.75. The van der Waals surface area contributed by atoms with Crippen LogP contribution in [0.3, 0.4) is 0 Å². The molecule has 0 bridgehead atoms. The Morgan fingerprint density at radius 3 is 2.84 bits per heavy atom. The van der Waals surface area contributed by atoms with Gasteiger partial charge in [-0.1, -0.05) is 11.6 Å². The lowest BCUT2D eigenvalue weighted by Gasteiger charge is -2.30. The molecule has 1 fully saturated rings. The average Bonchev–Trinajstić information content (AvgIpc) is 2.32. The maximum atomic E-state index is 12.2. The van der Waals surface area contributed by atoms with E-state index in [4.69, 9.17) is 11.6 Å². The highest BCUT2D eigenvalue weighted by Gasteiger charge is 2.23. The molecule has 1 saturated heterocycles. The van der Waals surface area contributed by atoms with E-state index in [-0.39, 0.29) is 24.4 Å². The summed E-state index contributed by atoms with van der Waals surface area (Å²) in [5, 5.41) is 7.14. The van der Waals surface area contributed by atoms with Crippen LogP contribution in [0.1, 0.15) is 35.7 Å². The number of rotatable bonds is 2. The molecule has 1 aromatic rings. The fourth-order valence-corrected chi connectivity index (χ4v) is 2.60. The number of benzene rings is 1. The lowest BCUT2D eigenvalue weighted by atomic mass is 9.99. The zero-order chi connectivity index (χ0) is 13.1. The standard InChI is InChI=1S/C14H19ClN2O.ClH/c1-9-8-11(15)5-6-12(9)14(18)17-13-4-3-7-16-10(13)2;/h5-6,8,10,13,16H,3-4,7H2,1-2H3,(H,17,18);1H. The molecule has 3 nitrogen and oxygen atoms in total. The average molecular weight is 303 g/mol. The van der Waals surface area contributed by atoms with Crippen molar-refractivity contribution in [1.82, 2.24) is 10.6 Å². The summed E-state index contributed by atoms with van der Waals surface area (Å²) >= 11 is 5.89. The minimum atomic E-state index is -0.00952. The van der Waals surface area contributed by atoms with Crippen LogP contribution in [0, 0.1) is 6.92 Å². The van der Waals surface area contributed by atoms with Crippen molar-refractivity contribution in [2.75, 3.05) is 6.54 Å². The first-order chi connectivity index (χ1) is 8.58. The maximum Gasteiger partial charge on any atom is 0.251 e. The molecule has 2 atom stereocenters. The Bertz CT molecular complexity index is 451. The normalized spacial score (nSPS) is 22.5. The molecule has 0 radical (unpaired) electrons. The van der Waals surface area contributed by atoms with E-state index in [1.54, 1.807) is 12.1 Å². The number of hydrogen-bond donors (Lipinski definition) is 2. The Hall–Kier alpha value is -0.770. The summed E-state index contributed by atoms with van der Waals surface area (Å²) in [4.78, 5) is 12.2. The van der Waals surface area contributed by atoms with E-state index >= 15 is 0 Å². The van der Waals surface area contributed by atoms with E-state index in [1.807, 2.05) is 13.0 Å². The quantitative estimate of drug-likeness (QED) is 0.882. The van der Waals surface area contributed by atoms with Gasteiger partial charge in [0.25, 0.3) is 5.91 Å². The summed E-state index contributed by atoms with van der Waals surface area (Å²) in [6.07, 6.45) is 2.14. The van der Waals surface area contributed by atoms with Gasteiger partial charge in [-0.3, -0.25) is 4.79 Å². The minimum absolute atomic E-state index is 0. The summed E-state index contributed by atoms with van der Waals surface area (Å²) in [6, 6.07) is 5.90. The molecule has 0 aromatic heterocycles. The number of carbonyl (C=O) groups excluding carboxylic acids is 1. The van der Waals surface area contributed by atoms with Crippen LogP contribution < -0.4 is 10.6 Å². The van der Waals surface area contributed by atoms with Crippen LogP contribution in [0.15, 0.2) is 18.2 Å². The number of piperidine rings is 1. The van der Waals surface area contributed by atoms with E-state index in [9.17, 15) is 4.79 Å². The molecule has 1 aromatic carbocycles. The molecular weight excluding hydrogens is 283 g/mol. The fourth-order valence-electron chi connectivity index (χ4n) is 2.37. The van der Waals surface area contributed by atoms with Gasteiger partial charge in [-0.2, -0.15) is 0 Å². The van der Waals surface area contributed by atoms with Crippen LogP contribution in [0.5, 0.6) is 0 Å². The molecule has 19 heavy (non-hydrogen) atoms. The van der Waals surface area contributed by atoms with E-state index in [1.165, 1.54) is 0 Å². The molecule has 0 saturated carbocycles. The van der Waals surface area contributed by atoms with Crippen molar-refractivity contribution in [2.45, 2.75) is 38.8 Å². The molecule has 2 unspecified atom stereocenters. The van der Waals surface area contributed by atoms with Gasteiger partial charge in [0.1, 0.15) is 0 Å². The predicted molar refractivity (Wildman–Crippen MR) is 81.4 cm³/mol. The summed E-state index contributed by atoms with van der Waals surface area (Å²) in [6.45, 7) is 5.05. The van der Waals surface area contributed by atoms with Crippen LogP contribution in [-0.4, -0.2) is 24.5 Å². The summed E-state index contributed by atoms with van der Waals surface area (Å²) < 4.78 is 0. The molecule has 1 heterocycles. The van der Waals surface area contributed by atoms with Crippen molar-refractivity contribution >= 4 is 29.9 Å². The first-order valence-corrected chi connectivity index (χ1v) is 6.76. The van der Waals surface area contributed by atoms with E-state index < -0.39 is 0 Å². The number of amides is 1. The molecular formula is C14H20Cl2N2O. The summed E-state index contributed by atoms with van der Waals surface area (Å²) in [5.74, 6) is -0.00952. The smallest absolute Gasteiger partial charge is 0.251 e. The van der Waals surface area contributed by atoms with Crippen molar-refractivity contribution in [2.24, 2.45) is 0 Å². The number of carbonyl (C=O) groups is 1. The van der Waals surface area contributed by atoms with Gasteiger partial charge in [-0.25, -0.2) is 0 Å². The van der Waals surface area contributed by atoms with Crippen molar-refractivity contribution in [1.29, 1.82) is 0 Å². The topological polar surface area (TPSA) is 41.1 Å². The van der Waals surface area contributed by atoms with Crippen molar-refractivity contribution < 1.29 is 4.79 Å².